The largest absolute Gasteiger partial charge is 0.492 e. The Balaban J connectivity index is 1.39. The zero-order valence-corrected chi connectivity index (χ0v) is 14.8. The molecule has 3 rings (SSSR count). The summed E-state index contributed by atoms with van der Waals surface area (Å²) in [6, 6.07) is 11.4. The monoisotopic (exact) mass is 372 g/mol. The van der Waals surface area contributed by atoms with Gasteiger partial charge in [-0.05, 0) is 43.3 Å². The van der Waals surface area contributed by atoms with Gasteiger partial charge in [-0.1, -0.05) is 0 Å². The third kappa shape index (κ3) is 5.04. The highest BCUT2D eigenvalue weighted by atomic mass is 16.7. The minimum atomic E-state index is -0.394. The number of esters is 1. The molecule has 8 heteroatoms. The Morgan fingerprint density at radius 3 is 2.63 bits per heavy atom. The molecule has 27 heavy (non-hydrogen) atoms. The van der Waals surface area contributed by atoms with Crippen molar-refractivity contribution in [3.05, 3.63) is 48.0 Å². The summed E-state index contributed by atoms with van der Waals surface area (Å²) in [5, 5.41) is 5.37. The molecule has 0 atom stereocenters. The van der Waals surface area contributed by atoms with Gasteiger partial charge in [-0.15, -0.1) is 0 Å². The number of urea groups is 1. The van der Waals surface area contributed by atoms with Crippen molar-refractivity contribution in [1.82, 2.24) is 5.32 Å². The third-order valence-electron chi connectivity index (χ3n) is 3.65. The Labute approximate surface area is 156 Å². The molecule has 0 aromatic heterocycles. The maximum atomic E-state index is 11.9. The van der Waals surface area contributed by atoms with Gasteiger partial charge in [0.1, 0.15) is 12.4 Å². The molecule has 1 aliphatic rings. The van der Waals surface area contributed by atoms with Gasteiger partial charge in [0.15, 0.2) is 11.5 Å². The molecular formula is C19H20N2O6. The molecule has 1 aliphatic heterocycles. The van der Waals surface area contributed by atoms with Gasteiger partial charge in [0.2, 0.25) is 6.79 Å². The summed E-state index contributed by atoms with van der Waals surface area (Å²) in [5.41, 5.74) is 0.997. The number of carbonyl (C=O) groups excluding carboxylic acids is 2. The van der Waals surface area contributed by atoms with E-state index in [-0.39, 0.29) is 12.8 Å². The van der Waals surface area contributed by atoms with Gasteiger partial charge in [0.25, 0.3) is 0 Å². The van der Waals surface area contributed by atoms with E-state index in [2.05, 4.69) is 10.6 Å². The topological polar surface area (TPSA) is 95.1 Å². The van der Waals surface area contributed by atoms with Crippen molar-refractivity contribution in [2.24, 2.45) is 0 Å². The first kappa shape index (κ1) is 18.4. The molecule has 2 aromatic carbocycles. The zero-order chi connectivity index (χ0) is 19.1. The van der Waals surface area contributed by atoms with E-state index >= 15 is 0 Å². The first-order chi connectivity index (χ1) is 13.2. The average molecular weight is 372 g/mol. The van der Waals surface area contributed by atoms with Gasteiger partial charge in [-0.25, -0.2) is 9.59 Å². The summed E-state index contributed by atoms with van der Waals surface area (Å²) in [6.45, 7) is 2.89. The van der Waals surface area contributed by atoms with Crippen molar-refractivity contribution in [1.29, 1.82) is 0 Å². The van der Waals surface area contributed by atoms with Crippen molar-refractivity contribution >= 4 is 17.7 Å². The van der Waals surface area contributed by atoms with Gasteiger partial charge < -0.3 is 29.6 Å². The summed E-state index contributed by atoms with van der Waals surface area (Å²) in [5.74, 6) is 1.57. The molecule has 2 aromatic rings. The molecule has 0 saturated heterocycles. The second-order valence-electron chi connectivity index (χ2n) is 5.54. The average Bonchev–Trinajstić information content (AvgIpc) is 3.14. The van der Waals surface area contributed by atoms with Crippen LogP contribution in [0.15, 0.2) is 42.5 Å². The van der Waals surface area contributed by atoms with Crippen molar-refractivity contribution in [3.8, 4) is 17.2 Å². The maximum absolute atomic E-state index is 11.9. The fraction of sp³-hybridized carbons (Fsp3) is 0.263. The highest BCUT2D eigenvalue weighted by Gasteiger charge is 2.13. The van der Waals surface area contributed by atoms with Crippen molar-refractivity contribution in [2.75, 3.05) is 31.9 Å². The molecule has 142 valence electrons. The van der Waals surface area contributed by atoms with Crippen LogP contribution < -0.4 is 24.8 Å². The quantitative estimate of drug-likeness (QED) is 0.573. The van der Waals surface area contributed by atoms with Gasteiger partial charge in [0, 0.05) is 11.8 Å². The lowest BCUT2D eigenvalue weighted by atomic mass is 10.2. The number of carbonyl (C=O) groups is 2. The van der Waals surface area contributed by atoms with E-state index in [4.69, 9.17) is 18.9 Å². The number of nitrogens with one attached hydrogen (secondary N) is 2. The molecule has 0 spiro atoms. The Hall–Kier alpha value is -3.42. The smallest absolute Gasteiger partial charge is 0.338 e. The lowest BCUT2D eigenvalue weighted by Gasteiger charge is -2.10. The number of rotatable bonds is 7. The Bertz CT molecular complexity index is 806. The van der Waals surface area contributed by atoms with E-state index in [0.29, 0.717) is 48.3 Å². The first-order valence-electron chi connectivity index (χ1n) is 8.50. The van der Waals surface area contributed by atoms with Crippen LogP contribution in [0.25, 0.3) is 0 Å². The highest BCUT2D eigenvalue weighted by Crippen LogP contribution is 2.34. The standard InChI is InChI=1S/C19H20N2O6/c1-2-24-18(22)13-3-5-14(6-4-13)21-19(23)20-9-10-25-15-7-8-16-17(11-15)27-12-26-16/h3-8,11H,2,9-10,12H2,1H3,(H2,20,21,23). The molecule has 0 saturated carbocycles. The van der Waals surface area contributed by atoms with E-state index in [1.165, 1.54) is 0 Å². The molecule has 0 unspecified atom stereocenters. The summed E-state index contributed by atoms with van der Waals surface area (Å²) in [7, 11) is 0. The number of hydrogen-bond acceptors (Lipinski definition) is 6. The molecule has 0 aliphatic carbocycles. The molecule has 0 fully saturated rings. The lowest BCUT2D eigenvalue weighted by molar-refractivity contribution is 0.0526. The Morgan fingerprint density at radius 1 is 1.07 bits per heavy atom. The van der Waals surface area contributed by atoms with Crippen LogP contribution in [0.2, 0.25) is 0 Å². The van der Waals surface area contributed by atoms with E-state index in [1.54, 1.807) is 49.4 Å². The molecule has 8 nitrogen and oxygen atoms in total. The lowest BCUT2D eigenvalue weighted by Crippen LogP contribution is -2.32. The predicted molar refractivity (Wildman–Crippen MR) is 97.5 cm³/mol. The van der Waals surface area contributed by atoms with Crippen LogP contribution in [-0.4, -0.2) is 38.6 Å². The summed E-state index contributed by atoms with van der Waals surface area (Å²) >= 11 is 0. The molecule has 2 amide bonds. The molecule has 0 radical (unpaired) electrons. The molecular weight excluding hydrogens is 352 g/mol. The van der Waals surface area contributed by atoms with Crippen LogP contribution in [0.1, 0.15) is 17.3 Å². The second kappa shape index (κ2) is 8.79. The fourth-order valence-electron chi connectivity index (χ4n) is 2.38. The zero-order valence-electron chi connectivity index (χ0n) is 14.8. The highest BCUT2D eigenvalue weighted by molar-refractivity contribution is 5.92. The van der Waals surface area contributed by atoms with Crippen LogP contribution in [-0.2, 0) is 4.74 Å². The van der Waals surface area contributed by atoms with E-state index in [9.17, 15) is 9.59 Å². The number of benzene rings is 2. The van der Waals surface area contributed by atoms with Gasteiger partial charge in [-0.2, -0.15) is 0 Å². The SMILES string of the molecule is CCOC(=O)c1ccc(NC(=O)NCCOc2ccc3c(c2)OCO3)cc1. The van der Waals surface area contributed by atoms with Gasteiger partial charge in [0.05, 0.1) is 18.7 Å². The van der Waals surface area contributed by atoms with E-state index < -0.39 is 5.97 Å². The van der Waals surface area contributed by atoms with Crippen LogP contribution >= 0.6 is 0 Å². The summed E-state index contributed by atoms with van der Waals surface area (Å²) in [6.07, 6.45) is 0. The predicted octanol–water partition coefficient (Wildman–Crippen LogP) is 2.79. The van der Waals surface area contributed by atoms with Crippen LogP contribution in [0, 0.1) is 0 Å². The van der Waals surface area contributed by atoms with Crippen LogP contribution in [0.5, 0.6) is 17.2 Å². The number of amides is 2. The maximum Gasteiger partial charge on any atom is 0.338 e. The number of fused-ring (bicyclic) bond motifs is 1. The second-order valence-corrected chi connectivity index (χ2v) is 5.54. The first-order valence-corrected chi connectivity index (χ1v) is 8.50. The van der Waals surface area contributed by atoms with E-state index in [0.717, 1.165) is 0 Å². The Kier molecular flexibility index (Phi) is 5.98. The molecule has 0 bridgehead atoms. The third-order valence-corrected chi connectivity index (χ3v) is 3.65. The van der Waals surface area contributed by atoms with Gasteiger partial charge >= 0.3 is 12.0 Å². The molecule has 1 heterocycles. The minimum Gasteiger partial charge on any atom is -0.492 e. The van der Waals surface area contributed by atoms with Gasteiger partial charge in [-0.3, -0.25) is 0 Å². The minimum absolute atomic E-state index is 0.210. The number of hydrogen-bond donors (Lipinski definition) is 2. The van der Waals surface area contributed by atoms with E-state index in [1.807, 2.05) is 0 Å². The van der Waals surface area contributed by atoms with Crippen molar-refractivity contribution in [2.45, 2.75) is 6.92 Å². The molecule has 2 N–H and O–H groups in total. The number of anilines is 1. The van der Waals surface area contributed by atoms with Crippen molar-refractivity contribution < 1.29 is 28.5 Å². The Morgan fingerprint density at radius 2 is 1.85 bits per heavy atom. The van der Waals surface area contributed by atoms with Crippen LogP contribution in [0.3, 0.4) is 0 Å². The summed E-state index contributed by atoms with van der Waals surface area (Å²) < 4.78 is 21.0. The van der Waals surface area contributed by atoms with Crippen LogP contribution in [0.4, 0.5) is 10.5 Å². The summed E-state index contributed by atoms with van der Waals surface area (Å²) in [4.78, 5) is 23.5. The normalized spacial score (nSPS) is 11.6. The fourth-order valence-corrected chi connectivity index (χ4v) is 2.38. The van der Waals surface area contributed by atoms with Crippen molar-refractivity contribution in [3.63, 3.8) is 0 Å². The number of ether oxygens (including phenoxy) is 4.